The topological polar surface area (TPSA) is 111 Å². The van der Waals surface area contributed by atoms with E-state index in [0.717, 1.165) is 5.56 Å². The number of hydrogen-bond acceptors (Lipinski definition) is 8. The first-order chi connectivity index (χ1) is 14.9. The standard InChI is InChI=1S/C21H18ClN5O4/c1-13-4-6-14(7-5-13)23-25-18-11-21(31-3)19(12-20(18)30-2)26-24-17-9-8-15(27(28)29)10-16(17)22/h4-12H,1-3H3. The van der Waals surface area contributed by atoms with Crippen LogP contribution in [0.2, 0.25) is 5.02 Å². The fourth-order valence-electron chi connectivity index (χ4n) is 2.54. The number of aryl methyl sites for hydroxylation is 1. The van der Waals surface area contributed by atoms with E-state index < -0.39 is 4.92 Å². The predicted molar refractivity (Wildman–Crippen MR) is 117 cm³/mol. The second kappa shape index (κ2) is 9.77. The maximum absolute atomic E-state index is 10.8. The third-order valence-electron chi connectivity index (χ3n) is 4.20. The molecule has 3 rings (SSSR count). The molecule has 3 aromatic rings. The normalized spacial score (nSPS) is 11.2. The molecule has 0 saturated heterocycles. The summed E-state index contributed by atoms with van der Waals surface area (Å²) in [6.45, 7) is 1.99. The molecular formula is C21H18ClN5O4. The van der Waals surface area contributed by atoms with Crippen molar-refractivity contribution in [2.75, 3.05) is 14.2 Å². The van der Waals surface area contributed by atoms with E-state index in [1.165, 1.54) is 32.4 Å². The SMILES string of the molecule is COc1cc(N=Nc2ccc([N+](=O)[O-])cc2Cl)c(OC)cc1N=Nc1ccc(C)cc1. The molecule has 0 heterocycles. The van der Waals surface area contributed by atoms with Crippen molar-refractivity contribution in [1.29, 1.82) is 0 Å². The first-order valence-corrected chi connectivity index (χ1v) is 9.39. The molecule has 0 saturated carbocycles. The molecule has 0 spiro atoms. The Labute approximate surface area is 183 Å². The monoisotopic (exact) mass is 439 g/mol. The van der Waals surface area contributed by atoms with E-state index in [1.807, 2.05) is 31.2 Å². The second-order valence-corrected chi connectivity index (χ2v) is 6.73. The van der Waals surface area contributed by atoms with E-state index in [9.17, 15) is 10.1 Å². The van der Waals surface area contributed by atoms with Gasteiger partial charge in [-0.1, -0.05) is 29.3 Å². The molecule has 0 aromatic heterocycles. The molecule has 0 bridgehead atoms. The van der Waals surface area contributed by atoms with Gasteiger partial charge in [0.05, 0.1) is 29.9 Å². The molecule has 0 N–H and O–H groups in total. The fraction of sp³-hybridized carbons (Fsp3) is 0.143. The summed E-state index contributed by atoms with van der Waals surface area (Å²) in [5.41, 5.74) is 2.78. The van der Waals surface area contributed by atoms with Gasteiger partial charge in [0.25, 0.3) is 5.69 Å². The van der Waals surface area contributed by atoms with Crippen LogP contribution in [0.15, 0.2) is 75.1 Å². The molecule has 0 unspecified atom stereocenters. The molecule has 0 aliphatic carbocycles. The third kappa shape index (κ3) is 5.40. The van der Waals surface area contributed by atoms with Gasteiger partial charge in [0.1, 0.15) is 28.6 Å². The lowest BCUT2D eigenvalue weighted by Crippen LogP contribution is -1.88. The lowest BCUT2D eigenvalue weighted by atomic mass is 10.2. The van der Waals surface area contributed by atoms with E-state index in [-0.39, 0.29) is 16.4 Å². The van der Waals surface area contributed by atoms with Gasteiger partial charge in [-0.05, 0) is 25.1 Å². The molecule has 9 nitrogen and oxygen atoms in total. The maximum Gasteiger partial charge on any atom is 0.271 e. The summed E-state index contributed by atoms with van der Waals surface area (Å²) in [5, 5.41) is 27.6. The summed E-state index contributed by atoms with van der Waals surface area (Å²) in [6.07, 6.45) is 0. The van der Waals surface area contributed by atoms with Gasteiger partial charge < -0.3 is 9.47 Å². The number of ether oxygens (including phenoxy) is 2. The van der Waals surface area contributed by atoms with Crippen LogP contribution in [-0.2, 0) is 0 Å². The van der Waals surface area contributed by atoms with E-state index in [1.54, 1.807) is 12.1 Å². The van der Waals surface area contributed by atoms with Gasteiger partial charge in [-0.25, -0.2) is 0 Å². The Morgan fingerprint density at radius 1 is 0.806 bits per heavy atom. The van der Waals surface area contributed by atoms with Crippen molar-refractivity contribution in [3.05, 3.63) is 75.3 Å². The van der Waals surface area contributed by atoms with Gasteiger partial charge in [0, 0.05) is 24.3 Å². The Morgan fingerprint density at radius 2 is 1.35 bits per heavy atom. The summed E-state index contributed by atoms with van der Waals surface area (Å²) < 4.78 is 10.8. The minimum absolute atomic E-state index is 0.104. The number of nitrogens with zero attached hydrogens (tertiary/aromatic N) is 5. The number of halogens is 1. The minimum atomic E-state index is -0.537. The third-order valence-corrected chi connectivity index (χ3v) is 4.50. The van der Waals surface area contributed by atoms with Crippen LogP contribution in [0.25, 0.3) is 0 Å². The average Bonchev–Trinajstić information content (AvgIpc) is 2.77. The minimum Gasteiger partial charge on any atom is -0.494 e. The zero-order chi connectivity index (χ0) is 22.4. The molecule has 0 radical (unpaired) electrons. The van der Waals surface area contributed by atoms with Crippen molar-refractivity contribution in [3.63, 3.8) is 0 Å². The van der Waals surface area contributed by atoms with Gasteiger partial charge in [0.15, 0.2) is 0 Å². The summed E-state index contributed by atoms with van der Waals surface area (Å²) in [5.74, 6) is 0.806. The number of benzene rings is 3. The Balaban J connectivity index is 1.92. The molecule has 0 fully saturated rings. The van der Waals surface area contributed by atoms with E-state index in [4.69, 9.17) is 21.1 Å². The number of non-ortho nitro benzene ring substituents is 1. The first-order valence-electron chi connectivity index (χ1n) is 9.01. The quantitative estimate of drug-likeness (QED) is 0.217. The highest BCUT2D eigenvalue weighted by atomic mass is 35.5. The molecule has 0 aliphatic heterocycles. The van der Waals surface area contributed by atoms with Crippen LogP contribution in [0.4, 0.5) is 28.4 Å². The number of methoxy groups -OCH3 is 2. The van der Waals surface area contributed by atoms with Crippen LogP contribution in [0.5, 0.6) is 11.5 Å². The highest BCUT2D eigenvalue weighted by Gasteiger charge is 2.13. The molecule has 3 aromatic carbocycles. The van der Waals surface area contributed by atoms with Crippen LogP contribution in [-0.4, -0.2) is 19.1 Å². The number of rotatable bonds is 7. The summed E-state index contributed by atoms with van der Waals surface area (Å²) in [6, 6.07) is 14.8. The molecular weight excluding hydrogens is 422 g/mol. The Bertz CT molecular complexity index is 1160. The predicted octanol–water partition coefficient (Wildman–Crippen LogP) is 7.40. The summed E-state index contributed by atoms with van der Waals surface area (Å²) in [4.78, 5) is 10.3. The summed E-state index contributed by atoms with van der Waals surface area (Å²) >= 11 is 6.06. The van der Waals surface area contributed by atoms with Crippen LogP contribution in [0.1, 0.15) is 5.56 Å². The molecule has 158 valence electrons. The maximum atomic E-state index is 10.8. The van der Waals surface area contributed by atoms with Gasteiger partial charge in [-0.2, -0.15) is 5.11 Å². The number of azo groups is 2. The molecule has 0 aliphatic rings. The lowest BCUT2D eigenvalue weighted by Gasteiger charge is -2.09. The van der Waals surface area contributed by atoms with Crippen molar-refractivity contribution >= 4 is 40.0 Å². The van der Waals surface area contributed by atoms with Crippen molar-refractivity contribution in [3.8, 4) is 11.5 Å². The zero-order valence-corrected chi connectivity index (χ0v) is 17.7. The largest absolute Gasteiger partial charge is 0.494 e. The zero-order valence-electron chi connectivity index (χ0n) is 16.9. The Hall–Kier alpha value is -3.85. The van der Waals surface area contributed by atoms with Crippen LogP contribution < -0.4 is 9.47 Å². The molecule has 0 atom stereocenters. The van der Waals surface area contributed by atoms with Crippen molar-refractivity contribution in [2.45, 2.75) is 6.92 Å². The molecule has 0 amide bonds. The van der Waals surface area contributed by atoms with Gasteiger partial charge in [-0.3, -0.25) is 10.1 Å². The van der Waals surface area contributed by atoms with E-state index in [0.29, 0.717) is 28.6 Å². The molecule has 10 heteroatoms. The van der Waals surface area contributed by atoms with Crippen molar-refractivity contribution in [2.24, 2.45) is 20.5 Å². The number of hydrogen-bond donors (Lipinski definition) is 0. The van der Waals surface area contributed by atoms with Gasteiger partial charge in [-0.15, -0.1) is 15.3 Å². The smallest absolute Gasteiger partial charge is 0.271 e. The fourth-order valence-corrected chi connectivity index (χ4v) is 2.76. The van der Waals surface area contributed by atoms with Crippen LogP contribution >= 0.6 is 11.6 Å². The van der Waals surface area contributed by atoms with E-state index in [2.05, 4.69) is 20.5 Å². The van der Waals surface area contributed by atoms with Gasteiger partial charge in [0.2, 0.25) is 0 Å². The average molecular weight is 440 g/mol. The highest BCUT2D eigenvalue weighted by molar-refractivity contribution is 6.33. The number of nitro benzene ring substituents is 1. The highest BCUT2D eigenvalue weighted by Crippen LogP contribution is 2.41. The number of nitro groups is 1. The molecule has 31 heavy (non-hydrogen) atoms. The van der Waals surface area contributed by atoms with Gasteiger partial charge >= 0.3 is 0 Å². The lowest BCUT2D eigenvalue weighted by molar-refractivity contribution is -0.384. The Morgan fingerprint density at radius 3 is 1.87 bits per heavy atom. The van der Waals surface area contributed by atoms with Crippen molar-refractivity contribution < 1.29 is 14.4 Å². The Kier molecular flexibility index (Phi) is 6.88. The van der Waals surface area contributed by atoms with E-state index >= 15 is 0 Å². The van der Waals surface area contributed by atoms with Crippen LogP contribution in [0, 0.1) is 17.0 Å². The summed E-state index contributed by atoms with van der Waals surface area (Å²) in [7, 11) is 2.99. The second-order valence-electron chi connectivity index (χ2n) is 6.32. The first kappa shape index (κ1) is 21.8. The van der Waals surface area contributed by atoms with Crippen LogP contribution in [0.3, 0.4) is 0 Å². The van der Waals surface area contributed by atoms with Crippen molar-refractivity contribution in [1.82, 2.24) is 0 Å².